The van der Waals surface area contributed by atoms with Gasteiger partial charge >= 0.3 is 5.97 Å². The van der Waals surface area contributed by atoms with Gasteiger partial charge < -0.3 is 15.9 Å². The SMILES string of the molecule is Cc1ccccc1C(CN)(CCO)C(=O)O. The van der Waals surface area contributed by atoms with Crippen molar-refractivity contribution in [3.8, 4) is 0 Å². The number of carboxylic acids is 1. The first-order chi connectivity index (χ1) is 7.58. The molecule has 0 fully saturated rings. The molecule has 0 amide bonds. The maximum absolute atomic E-state index is 11.4. The average Bonchev–Trinajstić information content (AvgIpc) is 2.26. The molecule has 4 nitrogen and oxygen atoms in total. The standard InChI is InChI=1S/C12H17NO3/c1-9-4-2-3-5-10(9)12(8-13,6-7-14)11(15)16/h2-5,14H,6-8,13H2,1H3,(H,15,16). The molecule has 0 bridgehead atoms. The van der Waals surface area contributed by atoms with Crippen molar-refractivity contribution in [2.24, 2.45) is 5.73 Å². The van der Waals surface area contributed by atoms with Gasteiger partial charge in [0, 0.05) is 13.2 Å². The third-order valence-corrected chi connectivity index (χ3v) is 2.96. The van der Waals surface area contributed by atoms with E-state index in [1.165, 1.54) is 0 Å². The first-order valence-electron chi connectivity index (χ1n) is 5.19. The molecule has 0 aliphatic rings. The zero-order chi connectivity index (χ0) is 12.2. The summed E-state index contributed by atoms with van der Waals surface area (Å²) in [5.74, 6) is -0.988. The summed E-state index contributed by atoms with van der Waals surface area (Å²) >= 11 is 0. The zero-order valence-corrected chi connectivity index (χ0v) is 9.31. The molecule has 0 aliphatic heterocycles. The number of hydrogen-bond donors (Lipinski definition) is 3. The van der Waals surface area contributed by atoms with Gasteiger partial charge in [0.05, 0.1) is 0 Å². The van der Waals surface area contributed by atoms with E-state index in [2.05, 4.69) is 0 Å². The topological polar surface area (TPSA) is 83.5 Å². The molecule has 0 spiro atoms. The molecule has 1 unspecified atom stereocenters. The van der Waals surface area contributed by atoms with Crippen LogP contribution in [0.25, 0.3) is 0 Å². The van der Waals surface area contributed by atoms with E-state index >= 15 is 0 Å². The number of aliphatic carboxylic acids is 1. The Morgan fingerprint density at radius 1 is 1.44 bits per heavy atom. The van der Waals surface area contributed by atoms with Crippen LogP contribution in [0.2, 0.25) is 0 Å². The van der Waals surface area contributed by atoms with E-state index in [-0.39, 0.29) is 19.6 Å². The van der Waals surface area contributed by atoms with Crippen LogP contribution in [-0.4, -0.2) is 29.3 Å². The maximum Gasteiger partial charge on any atom is 0.315 e. The van der Waals surface area contributed by atoms with Crippen molar-refractivity contribution in [1.82, 2.24) is 0 Å². The van der Waals surface area contributed by atoms with Crippen molar-refractivity contribution in [2.45, 2.75) is 18.8 Å². The number of aryl methyl sites for hydroxylation is 1. The molecule has 0 heterocycles. The van der Waals surface area contributed by atoms with E-state index in [1.807, 2.05) is 19.1 Å². The predicted octanol–water partition coefficient (Wildman–Crippen LogP) is 0.659. The van der Waals surface area contributed by atoms with Crippen molar-refractivity contribution in [1.29, 1.82) is 0 Å². The minimum Gasteiger partial charge on any atom is -0.481 e. The van der Waals surface area contributed by atoms with Gasteiger partial charge in [-0.3, -0.25) is 4.79 Å². The molecule has 1 rings (SSSR count). The first-order valence-corrected chi connectivity index (χ1v) is 5.19. The molecule has 4 N–H and O–H groups in total. The molecule has 88 valence electrons. The molecular weight excluding hydrogens is 206 g/mol. The summed E-state index contributed by atoms with van der Waals surface area (Å²) in [7, 11) is 0. The van der Waals surface area contributed by atoms with Crippen molar-refractivity contribution < 1.29 is 15.0 Å². The minimum atomic E-state index is -1.18. The van der Waals surface area contributed by atoms with E-state index in [9.17, 15) is 9.90 Å². The molecule has 0 aromatic heterocycles. The van der Waals surface area contributed by atoms with Gasteiger partial charge in [-0.2, -0.15) is 0 Å². The van der Waals surface area contributed by atoms with Crippen LogP contribution in [0.5, 0.6) is 0 Å². The van der Waals surface area contributed by atoms with Crippen molar-refractivity contribution in [2.75, 3.05) is 13.2 Å². The highest BCUT2D eigenvalue weighted by molar-refractivity contribution is 5.82. The summed E-state index contributed by atoms with van der Waals surface area (Å²) in [5, 5.41) is 18.4. The molecule has 1 aromatic carbocycles. The molecule has 4 heteroatoms. The number of carbonyl (C=O) groups is 1. The fourth-order valence-corrected chi connectivity index (χ4v) is 1.96. The largest absolute Gasteiger partial charge is 0.481 e. The van der Waals surface area contributed by atoms with E-state index in [4.69, 9.17) is 10.8 Å². The lowest BCUT2D eigenvalue weighted by Crippen LogP contribution is -2.44. The highest BCUT2D eigenvalue weighted by Gasteiger charge is 2.39. The Kier molecular flexibility index (Phi) is 4.04. The van der Waals surface area contributed by atoms with Crippen LogP contribution in [0.15, 0.2) is 24.3 Å². The third kappa shape index (κ3) is 2.08. The van der Waals surface area contributed by atoms with Crippen LogP contribution in [-0.2, 0) is 10.2 Å². The number of benzene rings is 1. The van der Waals surface area contributed by atoms with Gasteiger partial charge in [-0.15, -0.1) is 0 Å². The molecular formula is C12H17NO3. The van der Waals surface area contributed by atoms with Gasteiger partial charge in [0.25, 0.3) is 0 Å². The minimum absolute atomic E-state index is 0.0201. The van der Waals surface area contributed by atoms with E-state index in [0.717, 1.165) is 5.56 Å². The summed E-state index contributed by atoms with van der Waals surface area (Å²) in [6.45, 7) is 1.63. The van der Waals surface area contributed by atoms with Gasteiger partial charge in [-0.25, -0.2) is 0 Å². The third-order valence-electron chi connectivity index (χ3n) is 2.96. The molecule has 1 atom stereocenters. The van der Waals surface area contributed by atoms with E-state index in [1.54, 1.807) is 12.1 Å². The molecule has 1 aromatic rings. The summed E-state index contributed by atoms with van der Waals surface area (Å²) in [4.78, 5) is 11.4. The Balaban J connectivity index is 3.30. The second-order valence-electron chi connectivity index (χ2n) is 3.88. The quantitative estimate of drug-likeness (QED) is 0.684. The van der Waals surface area contributed by atoms with Gasteiger partial charge in [0.1, 0.15) is 5.41 Å². The Morgan fingerprint density at radius 3 is 2.50 bits per heavy atom. The molecule has 0 aliphatic carbocycles. The number of hydrogen-bond acceptors (Lipinski definition) is 3. The Bertz CT molecular complexity index is 378. The van der Waals surface area contributed by atoms with Crippen LogP contribution < -0.4 is 5.73 Å². The number of nitrogens with two attached hydrogens (primary N) is 1. The van der Waals surface area contributed by atoms with Crippen molar-refractivity contribution in [3.05, 3.63) is 35.4 Å². The van der Waals surface area contributed by atoms with Crippen LogP contribution in [0, 0.1) is 6.92 Å². The van der Waals surface area contributed by atoms with Crippen LogP contribution in [0.1, 0.15) is 17.5 Å². The van der Waals surface area contributed by atoms with Crippen LogP contribution in [0.4, 0.5) is 0 Å². The zero-order valence-electron chi connectivity index (χ0n) is 9.31. The monoisotopic (exact) mass is 223 g/mol. The smallest absolute Gasteiger partial charge is 0.315 e. The Morgan fingerprint density at radius 2 is 2.06 bits per heavy atom. The molecule has 0 saturated carbocycles. The van der Waals surface area contributed by atoms with Crippen LogP contribution >= 0.6 is 0 Å². The molecule has 0 radical (unpaired) electrons. The van der Waals surface area contributed by atoms with Gasteiger partial charge in [0.15, 0.2) is 0 Å². The van der Waals surface area contributed by atoms with Gasteiger partial charge in [-0.05, 0) is 24.5 Å². The predicted molar refractivity (Wildman–Crippen MR) is 61.3 cm³/mol. The first kappa shape index (κ1) is 12.7. The lowest BCUT2D eigenvalue weighted by Gasteiger charge is -2.29. The number of rotatable bonds is 5. The highest BCUT2D eigenvalue weighted by atomic mass is 16.4. The fraction of sp³-hybridized carbons (Fsp3) is 0.417. The summed E-state index contributed by atoms with van der Waals surface area (Å²) in [6.07, 6.45) is 0.129. The van der Waals surface area contributed by atoms with Crippen LogP contribution in [0.3, 0.4) is 0 Å². The summed E-state index contributed by atoms with van der Waals surface area (Å²) in [5.41, 5.74) is 5.98. The Labute approximate surface area is 94.7 Å². The summed E-state index contributed by atoms with van der Waals surface area (Å²) in [6, 6.07) is 7.24. The average molecular weight is 223 g/mol. The maximum atomic E-state index is 11.4. The number of aliphatic hydroxyl groups excluding tert-OH is 1. The van der Waals surface area contributed by atoms with Gasteiger partial charge in [-0.1, -0.05) is 24.3 Å². The lowest BCUT2D eigenvalue weighted by molar-refractivity contribution is -0.144. The normalized spacial score (nSPS) is 14.4. The number of aliphatic hydroxyl groups is 1. The van der Waals surface area contributed by atoms with Gasteiger partial charge in [0.2, 0.25) is 0 Å². The number of carboxylic acid groups (broad SMARTS) is 1. The van der Waals surface area contributed by atoms with E-state index in [0.29, 0.717) is 5.56 Å². The summed E-state index contributed by atoms with van der Waals surface area (Å²) < 4.78 is 0. The molecule has 0 saturated heterocycles. The van der Waals surface area contributed by atoms with Crippen molar-refractivity contribution >= 4 is 5.97 Å². The van der Waals surface area contributed by atoms with E-state index < -0.39 is 11.4 Å². The molecule has 16 heavy (non-hydrogen) atoms. The second-order valence-corrected chi connectivity index (χ2v) is 3.88. The van der Waals surface area contributed by atoms with Crippen molar-refractivity contribution in [3.63, 3.8) is 0 Å². The highest BCUT2D eigenvalue weighted by Crippen LogP contribution is 2.29. The second kappa shape index (κ2) is 5.09. The fourth-order valence-electron chi connectivity index (χ4n) is 1.96. The Hall–Kier alpha value is -1.39. The lowest BCUT2D eigenvalue weighted by atomic mass is 9.76.